The lowest BCUT2D eigenvalue weighted by Crippen LogP contribution is -2.15. The van der Waals surface area contributed by atoms with Crippen LogP contribution < -0.4 is 10.6 Å². The zero-order valence-corrected chi connectivity index (χ0v) is 20.6. The first-order chi connectivity index (χ1) is 17.2. The minimum Gasteiger partial charge on any atom is -0.378 e. The summed E-state index contributed by atoms with van der Waals surface area (Å²) in [6, 6.07) is 19.5. The van der Waals surface area contributed by atoms with Gasteiger partial charge in [-0.25, -0.2) is 0 Å². The molecule has 0 radical (unpaired) electrons. The fraction of sp³-hybridized carbons (Fsp3) is 0.160. The van der Waals surface area contributed by atoms with Gasteiger partial charge in [0, 0.05) is 22.1 Å². The number of alkyl halides is 3. The zero-order valence-electron chi connectivity index (χ0n) is 19.0. The molecule has 0 saturated heterocycles. The summed E-state index contributed by atoms with van der Waals surface area (Å²) in [4.78, 5) is 12.5. The Morgan fingerprint density at radius 2 is 1.78 bits per heavy atom. The van der Waals surface area contributed by atoms with Gasteiger partial charge < -0.3 is 10.6 Å². The van der Waals surface area contributed by atoms with E-state index in [1.54, 1.807) is 22.8 Å². The maximum Gasteiger partial charge on any atom is 0.416 e. The Labute approximate surface area is 214 Å². The number of nitrogens with zero attached hydrogens (tertiary/aromatic N) is 3. The molecule has 0 aliphatic rings. The Bertz CT molecular complexity index is 1360. The average Bonchev–Trinajstić information content (AvgIpc) is 3.27. The van der Waals surface area contributed by atoms with Gasteiger partial charge in [-0.1, -0.05) is 53.7 Å². The van der Waals surface area contributed by atoms with Crippen LogP contribution in [0.4, 0.5) is 24.5 Å². The van der Waals surface area contributed by atoms with Gasteiger partial charge >= 0.3 is 6.18 Å². The zero-order chi connectivity index (χ0) is 25.7. The van der Waals surface area contributed by atoms with Crippen LogP contribution in [0.1, 0.15) is 17.0 Å². The summed E-state index contributed by atoms with van der Waals surface area (Å²) in [7, 11) is 0. The lowest BCUT2D eigenvalue weighted by atomic mass is 10.2. The number of aryl methyl sites for hydroxylation is 1. The number of anilines is 2. The number of para-hydroxylation sites is 1. The van der Waals surface area contributed by atoms with Crippen molar-refractivity contribution in [3.05, 3.63) is 94.8 Å². The molecule has 0 aliphatic carbocycles. The maximum atomic E-state index is 13.0. The molecule has 36 heavy (non-hydrogen) atoms. The number of carbonyl (C=O) groups is 1. The molecule has 0 unspecified atom stereocenters. The maximum absolute atomic E-state index is 13.0. The molecule has 1 aromatic heterocycles. The smallest absolute Gasteiger partial charge is 0.378 e. The molecule has 1 heterocycles. The molecule has 0 atom stereocenters. The molecule has 2 N–H and O–H groups in total. The summed E-state index contributed by atoms with van der Waals surface area (Å²) < 4.78 is 40.9. The Morgan fingerprint density at radius 3 is 2.50 bits per heavy atom. The van der Waals surface area contributed by atoms with Crippen molar-refractivity contribution in [1.82, 2.24) is 14.8 Å². The van der Waals surface area contributed by atoms with Crippen molar-refractivity contribution < 1.29 is 18.0 Å². The molecule has 0 aliphatic heterocycles. The van der Waals surface area contributed by atoms with Crippen LogP contribution in [-0.2, 0) is 17.5 Å². The minimum absolute atomic E-state index is 0.0670. The SMILES string of the molecule is Cc1ccc(NC(=O)CSc2nnc(CNc3cccc(C(F)(F)F)c3)n2-c2ccccc2)cc1Cl. The molecule has 0 fully saturated rings. The van der Waals surface area contributed by atoms with Crippen molar-refractivity contribution in [2.75, 3.05) is 16.4 Å². The largest absolute Gasteiger partial charge is 0.416 e. The van der Waals surface area contributed by atoms with Crippen LogP contribution in [0, 0.1) is 6.92 Å². The Kier molecular flexibility index (Phi) is 7.85. The highest BCUT2D eigenvalue weighted by Gasteiger charge is 2.30. The Balaban J connectivity index is 1.49. The number of benzene rings is 3. The van der Waals surface area contributed by atoms with Crippen LogP contribution in [0.15, 0.2) is 78.0 Å². The monoisotopic (exact) mass is 531 g/mol. The number of amides is 1. The van der Waals surface area contributed by atoms with Crippen LogP contribution in [0.25, 0.3) is 5.69 Å². The van der Waals surface area contributed by atoms with E-state index in [4.69, 9.17) is 11.6 Å². The fourth-order valence-electron chi connectivity index (χ4n) is 3.33. The van der Waals surface area contributed by atoms with Crippen LogP contribution >= 0.6 is 23.4 Å². The molecule has 0 spiro atoms. The first kappa shape index (κ1) is 25.6. The van der Waals surface area contributed by atoms with E-state index in [0.29, 0.717) is 27.4 Å². The van der Waals surface area contributed by atoms with Gasteiger partial charge in [-0.3, -0.25) is 9.36 Å². The summed E-state index contributed by atoms with van der Waals surface area (Å²) in [5.41, 5.74) is 1.82. The van der Waals surface area contributed by atoms with E-state index >= 15 is 0 Å². The molecule has 4 rings (SSSR count). The quantitative estimate of drug-likeness (QED) is 0.251. The number of rotatable bonds is 8. The van der Waals surface area contributed by atoms with E-state index in [-0.39, 0.29) is 18.2 Å². The van der Waals surface area contributed by atoms with E-state index < -0.39 is 11.7 Å². The minimum atomic E-state index is -4.43. The van der Waals surface area contributed by atoms with Crippen LogP contribution in [0.2, 0.25) is 5.02 Å². The Morgan fingerprint density at radius 1 is 1.00 bits per heavy atom. The van der Waals surface area contributed by atoms with Crippen molar-refractivity contribution in [2.45, 2.75) is 24.8 Å². The predicted molar refractivity (Wildman–Crippen MR) is 136 cm³/mol. The molecule has 4 aromatic rings. The highest BCUT2D eigenvalue weighted by atomic mass is 35.5. The molecule has 186 valence electrons. The second-order valence-corrected chi connectivity index (χ2v) is 9.15. The summed E-state index contributed by atoms with van der Waals surface area (Å²) >= 11 is 7.32. The van der Waals surface area contributed by atoms with E-state index in [9.17, 15) is 18.0 Å². The lowest BCUT2D eigenvalue weighted by Gasteiger charge is -2.13. The van der Waals surface area contributed by atoms with E-state index in [0.717, 1.165) is 23.4 Å². The topological polar surface area (TPSA) is 71.8 Å². The normalized spacial score (nSPS) is 11.4. The number of hydrogen-bond acceptors (Lipinski definition) is 5. The second kappa shape index (κ2) is 11.0. The van der Waals surface area contributed by atoms with Gasteiger partial charge in [0.15, 0.2) is 11.0 Å². The Hall–Kier alpha value is -3.50. The van der Waals surface area contributed by atoms with Gasteiger partial charge in [0.25, 0.3) is 0 Å². The van der Waals surface area contributed by atoms with Gasteiger partial charge in [-0.2, -0.15) is 13.2 Å². The lowest BCUT2D eigenvalue weighted by molar-refractivity contribution is -0.137. The molecule has 0 bridgehead atoms. The van der Waals surface area contributed by atoms with E-state index in [1.165, 1.54) is 17.8 Å². The third-order valence-corrected chi connectivity index (χ3v) is 6.48. The fourth-order valence-corrected chi connectivity index (χ4v) is 4.28. The van der Waals surface area contributed by atoms with Crippen LogP contribution in [0.5, 0.6) is 0 Å². The number of halogens is 4. The molecule has 3 aromatic carbocycles. The van der Waals surface area contributed by atoms with Crippen molar-refractivity contribution in [1.29, 1.82) is 0 Å². The molecule has 1 amide bonds. The number of thioether (sulfide) groups is 1. The molecular weight excluding hydrogens is 511 g/mol. The summed E-state index contributed by atoms with van der Waals surface area (Å²) in [6.45, 7) is 2.00. The highest BCUT2D eigenvalue weighted by Crippen LogP contribution is 2.31. The van der Waals surface area contributed by atoms with E-state index in [2.05, 4.69) is 20.8 Å². The number of hydrogen-bond donors (Lipinski definition) is 2. The number of nitrogens with one attached hydrogen (secondary N) is 2. The molecule has 11 heteroatoms. The van der Waals surface area contributed by atoms with Crippen molar-refractivity contribution >= 4 is 40.6 Å². The van der Waals surface area contributed by atoms with E-state index in [1.807, 2.05) is 43.3 Å². The van der Waals surface area contributed by atoms with Crippen molar-refractivity contribution in [3.8, 4) is 5.69 Å². The molecule has 0 saturated carbocycles. The second-order valence-electron chi connectivity index (χ2n) is 7.80. The third-order valence-electron chi connectivity index (χ3n) is 5.14. The van der Waals surface area contributed by atoms with Gasteiger partial charge in [0.05, 0.1) is 17.9 Å². The summed E-state index contributed by atoms with van der Waals surface area (Å²) in [6.07, 6.45) is -4.43. The van der Waals surface area contributed by atoms with Gasteiger partial charge in [-0.05, 0) is 55.0 Å². The standard InChI is InChI=1S/C25H21ClF3N5OS/c1-16-10-11-19(13-21(16)26)31-23(35)15-36-24-33-32-22(34(24)20-8-3-2-4-9-20)14-30-18-7-5-6-17(12-18)25(27,28)29/h2-13,30H,14-15H2,1H3,(H,31,35). The van der Waals surface area contributed by atoms with Crippen LogP contribution in [0.3, 0.4) is 0 Å². The van der Waals surface area contributed by atoms with Crippen LogP contribution in [-0.4, -0.2) is 26.4 Å². The summed E-state index contributed by atoms with van der Waals surface area (Å²) in [5.74, 6) is 0.301. The summed E-state index contributed by atoms with van der Waals surface area (Å²) in [5, 5.41) is 15.3. The van der Waals surface area contributed by atoms with Crippen molar-refractivity contribution in [2.24, 2.45) is 0 Å². The first-order valence-corrected chi connectivity index (χ1v) is 12.2. The predicted octanol–water partition coefficient (Wildman–Crippen LogP) is 6.59. The number of carbonyl (C=O) groups excluding carboxylic acids is 1. The molecule has 6 nitrogen and oxygen atoms in total. The van der Waals surface area contributed by atoms with Crippen molar-refractivity contribution in [3.63, 3.8) is 0 Å². The highest BCUT2D eigenvalue weighted by molar-refractivity contribution is 7.99. The van der Waals surface area contributed by atoms with Gasteiger partial charge in [0.1, 0.15) is 0 Å². The third kappa shape index (κ3) is 6.38. The molecular formula is C25H21ClF3N5OS. The first-order valence-electron chi connectivity index (χ1n) is 10.8. The van der Waals surface area contributed by atoms with Gasteiger partial charge in [0.2, 0.25) is 5.91 Å². The number of aromatic nitrogens is 3. The van der Waals surface area contributed by atoms with Gasteiger partial charge in [-0.15, -0.1) is 10.2 Å². The average molecular weight is 532 g/mol.